The van der Waals surface area contributed by atoms with Gasteiger partial charge in [0.15, 0.2) is 0 Å². The molecule has 0 saturated carbocycles. The Morgan fingerprint density at radius 3 is 1.60 bits per heavy atom. The van der Waals surface area contributed by atoms with Crippen molar-refractivity contribution in [2.45, 2.75) is 4.96 Å². The van der Waals surface area contributed by atoms with Gasteiger partial charge in [0, 0.05) is 0 Å². The molecule has 0 nitrogen and oxygen atoms in total. The molecule has 1 heterocycles. The van der Waals surface area contributed by atoms with Gasteiger partial charge >= 0.3 is 52.8 Å². The maximum atomic E-state index is 11.7. The number of hydrogen-bond donors (Lipinski definition) is 0. The van der Waals surface area contributed by atoms with Crippen LogP contribution in [0.5, 0.6) is 0 Å². The third-order valence-corrected chi connectivity index (χ3v) is 5.00. The zero-order valence-corrected chi connectivity index (χ0v) is 6.17. The Labute approximate surface area is 53.7 Å². The maximum absolute atomic E-state index is 11.7. The average Bonchev–Trinajstić information content (AvgIpc) is 1.82. The van der Waals surface area contributed by atoms with Crippen LogP contribution in [0.2, 0.25) is 0 Å². The number of halogens is 6. The second-order valence-corrected chi connectivity index (χ2v) is 7.26. The van der Waals surface area contributed by atoms with Crippen LogP contribution in [0, 0.1) is 0 Å². The summed E-state index contributed by atoms with van der Waals surface area (Å²) in [7, 11) is 0. The quantitative estimate of drug-likeness (QED) is 0.439. The van der Waals surface area contributed by atoms with E-state index in [1.807, 2.05) is 0 Å². The summed E-state index contributed by atoms with van der Waals surface area (Å²) in [5.41, 5.74) is 0. The molecule has 0 N–H and O–H groups in total. The second-order valence-electron chi connectivity index (χ2n) is 1.84. The summed E-state index contributed by atoms with van der Waals surface area (Å²) in [4.78, 5) is -3.61. The first kappa shape index (κ1) is 7.98. The first-order chi connectivity index (χ1) is 4.26. The van der Waals surface area contributed by atoms with E-state index in [4.69, 9.17) is 0 Å². The molecule has 0 aromatic rings. The van der Waals surface area contributed by atoms with Gasteiger partial charge in [-0.05, 0) is 0 Å². The summed E-state index contributed by atoms with van der Waals surface area (Å²) in [5.74, 6) is -2.29. The van der Waals surface area contributed by atoms with Gasteiger partial charge < -0.3 is 0 Å². The molecule has 0 aromatic carbocycles. The van der Waals surface area contributed by atoms with Gasteiger partial charge in [-0.15, -0.1) is 0 Å². The zero-order chi connectivity index (χ0) is 8.18. The second kappa shape index (κ2) is 1.55. The van der Waals surface area contributed by atoms with E-state index in [0.717, 1.165) is 0 Å². The molecule has 1 atom stereocenters. The van der Waals surface area contributed by atoms with E-state index in [-0.39, 0.29) is 0 Å². The summed E-state index contributed by atoms with van der Waals surface area (Å²) in [6, 6.07) is 0. The number of allylic oxidation sites excluding steroid dienone is 1. The van der Waals surface area contributed by atoms with Crippen LogP contribution in [-0.2, 0) is 0 Å². The van der Waals surface area contributed by atoms with Crippen LogP contribution >= 0.6 is 0 Å². The van der Waals surface area contributed by atoms with Crippen molar-refractivity contribution >= 4 is 13.9 Å². The minimum atomic E-state index is -8.02. The Hall–Kier alpha value is -0.122. The third kappa shape index (κ3) is 0.654. The Bertz CT molecular complexity index is 211. The molecular weight excluding hydrogens is 225 g/mol. The molecule has 0 aliphatic carbocycles. The van der Waals surface area contributed by atoms with E-state index < -0.39 is 29.3 Å². The van der Waals surface area contributed by atoms with Crippen molar-refractivity contribution in [3.63, 3.8) is 0 Å². The topological polar surface area (TPSA) is 0 Å². The van der Waals surface area contributed by atoms with Crippen molar-refractivity contribution in [2.75, 3.05) is 0 Å². The van der Waals surface area contributed by atoms with Gasteiger partial charge in [-0.2, -0.15) is 0 Å². The Morgan fingerprint density at radius 1 is 1.10 bits per heavy atom. The van der Waals surface area contributed by atoms with Crippen molar-refractivity contribution in [1.29, 1.82) is 0 Å². The third-order valence-electron chi connectivity index (χ3n) is 1.11. The molecule has 0 bridgehead atoms. The average molecular weight is 226 g/mol. The first-order valence-corrected chi connectivity index (χ1v) is 6.27. The molecule has 1 unspecified atom stereocenters. The molecule has 0 amide bonds. The van der Waals surface area contributed by atoms with Crippen LogP contribution < -0.4 is 0 Å². The van der Waals surface area contributed by atoms with Crippen LogP contribution in [0.3, 0.4) is 0 Å². The van der Waals surface area contributed by atoms with Crippen molar-refractivity contribution in [3.05, 3.63) is 10.4 Å². The fourth-order valence-electron chi connectivity index (χ4n) is 0.500. The van der Waals surface area contributed by atoms with Crippen molar-refractivity contribution in [2.24, 2.45) is 0 Å². The van der Waals surface area contributed by atoms with Gasteiger partial charge in [-0.25, -0.2) is 0 Å². The molecule has 7 heteroatoms. The number of alkyl halides is 1. The predicted molar refractivity (Wildman–Crippen MR) is 23.2 cm³/mol. The minimum absolute atomic E-state index is 2.29. The van der Waals surface area contributed by atoms with E-state index in [2.05, 4.69) is 0 Å². The van der Waals surface area contributed by atoms with E-state index in [9.17, 15) is 23.6 Å². The summed E-state index contributed by atoms with van der Waals surface area (Å²) in [6.45, 7) is 0. The fourth-order valence-corrected chi connectivity index (χ4v) is 2.51. The Kier molecular flexibility index (Phi) is 1.23. The van der Waals surface area contributed by atoms with Gasteiger partial charge in [0.25, 0.3) is 0 Å². The standard InChI is InChI=1S/C3HAsF6/c5-1-2(6)4(8,9,10)3(1)7/h2H. The fraction of sp³-hybridized carbons (Fsp3) is 0.333. The molecule has 1 aliphatic heterocycles. The predicted octanol–water partition coefficient (Wildman–Crippen LogP) is 2.37. The van der Waals surface area contributed by atoms with Crippen LogP contribution in [-0.4, -0.2) is 18.8 Å². The molecule has 0 saturated heterocycles. The van der Waals surface area contributed by atoms with E-state index >= 15 is 0 Å². The monoisotopic (exact) mass is 226 g/mol. The van der Waals surface area contributed by atoms with Gasteiger partial charge in [0.05, 0.1) is 0 Å². The van der Waals surface area contributed by atoms with Crippen molar-refractivity contribution in [3.8, 4) is 0 Å². The van der Waals surface area contributed by atoms with Crippen LogP contribution in [0.4, 0.5) is 23.6 Å². The SMILES string of the molecule is FC1=C(F)[As](F)(F)(F)C1F. The van der Waals surface area contributed by atoms with Crippen molar-refractivity contribution in [1.82, 2.24) is 0 Å². The molecule has 1 aliphatic rings. The first-order valence-electron chi connectivity index (χ1n) is 2.12. The number of hydrogen-bond acceptors (Lipinski definition) is 0. The van der Waals surface area contributed by atoms with E-state index in [1.54, 1.807) is 0 Å². The van der Waals surface area contributed by atoms with Crippen molar-refractivity contribution < 1.29 is 23.6 Å². The molecule has 0 radical (unpaired) electrons. The Morgan fingerprint density at radius 2 is 1.50 bits per heavy atom. The van der Waals surface area contributed by atoms with Gasteiger partial charge in [0.1, 0.15) is 0 Å². The normalized spacial score (nSPS) is 39.8. The molecule has 0 aromatic heterocycles. The molecular formula is C3HAsF6. The van der Waals surface area contributed by atoms with Gasteiger partial charge in [-0.3, -0.25) is 0 Å². The van der Waals surface area contributed by atoms with E-state index in [1.165, 1.54) is 0 Å². The van der Waals surface area contributed by atoms with Gasteiger partial charge in [0.2, 0.25) is 0 Å². The summed E-state index contributed by atoms with van der Waals surface area (Å²) in [6.07, 6.45) is 0. The van der Waals surface area contributed by atoms with Crippen LogP contribution in [0.1, 0.15) is 0 Å². The molecule has 0 spiro atoms. The molecule has 10 heavy (non-hydrogen) atoms. The summed E-state index contributed by atoms with van der Waals surface area (Å²) >= 11 is -8.02. The Balaban J connectivity index is 3.14. The summed E-state index contributed by atoms with van der Waals surface area (Å²) in [5, 5.41) is 0. The number of rotatable bonds is 0. The zero-order valence-electron chi connectivity index (χ0n) is 4.29. The molecule has 1 rings (SSSR count). The molecule has 0 fully saturated rings. The van der Waals surface area contributed by atoms with Gasteiger partial charge in [-0.1, -0.05) is 0 Å². The van der Waals surface area contributed by atoms with Crippen LogP contribution in [0.15, 0.2) is 10.4 Å². The van der Waals surface area contributed by atoms with E-state index in [0.29, 0.717) is 0 Å². The molecule has 60 valence electrons. The summed E-state index contributed by atoms with van der Waals surface area (Å²) < 4.78 is 67.0. The van der Waals surface area contributed by atoms with Crippen LogP contribution in [0.25, 0.3) is 0 Å².